The van der Waals surface area contributed by atoms with Crippen molar-refractivity contribution < 1.29 is 0 Å². The van der Waals surface area contributed by atoms with Crippen molar-refractivity contribution in [3.05, 3.63) is 0 Å². The largest absolute Gasteiger partial charge is 0.319 e. The quantitative estimate of drug-likeness (QED) is 0.754. The molecule has 108 valence electrons. The highest BCUT2D eigenvalue weighted by Crippen LogP contribution is 2.34. The van der Waals surface area contributed by atoms with Gasteiger partial charge in [-0.25, -0.2) is 0 Å². The Morgan fingerprint density at radius 3 is 2.33 bits per heavy atom. The van der Waals surface area contributed by atoms with Crippen LogP contribution in [0.5, 0.6) is 0 Å². The molecule has 0 bridgehead atoms. The van der Waals surface area contributed by atoms with Gasteiger partial charge in [-0.15, -0.1) is 0 Å². The Hall–Kier alpha value is -0.0400. The van der Waals surface area contributed by atoms with Gasteiger partial charge in [0.15, 0.2) is 0 Å². The maximum atomic E-state index is 3.43. The second-order valence-electron chi connectivity index (χ2n) is 6.69. The van der Waals surface area contributed by atoms with Gasteiger partial charge >= 0.3 is 0 Å². The molecule has 4 atom stereocenters. The van der Waals surface area contributed by atoms with Crippen LogP contribution in [0.4, 0.5) is 0 Å². The van der Waals surface area contributed by atoms with E-state index in [9.17, 15) is 0 Å². The monoisotopic (exact) mass is 253 g/mol. The van der Waals surface area contributed by atoms with Gasteiger partial charge in [0.1, 0.15) is 0 Å². The average Bonchev–Trinajstić information content (AvgIpc) is 2.36. The second kappa shape index (κ2) is 8.96. The van der Waals surface area contributed by atoms with Gasteiger partial charge < -0.3 is 5.32 Å². The first-order chi connectivity index (χ1) is 8.69. The Morgan fingerprint density at radius 1 is 0.944 bits per heavy atom. The molecule has 1 aliphatic rings. The van der Waals surface area contributed by atoms with Crippen molar-refractivity contribution in [1.29, 1.82) is 0 Å². The SMILES string of the molecule is CCCC1CCCCC(C)CCC(CNC)C1C. The van der Waals surface area contributed by atoms with Crippen molar-refractivity contribution in [1.82, 2.24) is 5.32 Å². The molecule has 0 aromatic heterocycles. The predicted octanol–water partition coefficient (Wildman–Crippen LogP) is 4.86. The van der Waals surface area contributed by atoms with E-state index in [2.05, 4.69) is 33.1 Å². The molecular formula is C17H35N. The maximum Gasteiger partial charge on any atom is -0.00209 e. The Balaban J connectivity index is 2.63. The molecule has 0 spiro atoms. The topological polar surface area (TPSA) is 12.0 Å². The zero-order valence-corrected chi connectivity index (χ0v) is 13.2. The molecule has 4 unspecified atom stereocenters. The van der Waals surface area contributed by atoms with E-state index in [-0.39, 0.29) is 0 Å². The van der Waals surface area contributed by atoms with Crippen LogP contribution < -0.4 is 5.32 Å². The highest BCUT2D eigenvalue weighted by molar-refractivity contribution is 4.77. The lowest BCUT2D eigenvalue weighted by Gasteiger charge is -2.33. The van der Waals surface area contributed by atoms with Gasteiger partial charge in [0.2, 0.25) is 0 Å². The van der Waals surface area contributed by atoms with Crippen LogP contribution >= 0.6 is 0 Å². The maximum absolute atomic E-state index is 3.43. The average molecular weight is 253 g/mol. The summed E-state index contributed by atoms with van der Waals surface area (Å²) in [7, 11) is 2.11. The smallest absolute Gasteiger partial charge is 0.00209 e. The van der Waals surface area contributed by atoms with Gasteiger partial charge in [-0.1, -0.05) is 65.7 Å². The molecule has 1 saturated carbocycles. The zero-order chi connectivity index (χ0) is 13.4. The number of hydrogen-bond donors (Lipinski definition) is 1. The van der Waals surface area contributed by atoms with Gasteiger partial charge in [-0.05, 0) is 43.7 Å². The molecule has 0 aromatic rings. The molecule has 0 radical (unpaired) electrons. The lowest BCUT2D eigenvalue weighted by molar-refractivity contribution is 0.185. The van der Waals surface area contributed by atoms with Crippen molar-refractivity contribution >= 4 is 0 Å². The van der Waals surface area contributed by atoms with Crippen molar-refractivity contribution in [2.75, 3.05) is 13.6 Å². The van der Waals surface area contributed by atoms with Crippen LogP contribution in [0.15, 0.2) is 0 Å². The molecular weight excluding hydrogens is 218 g/mol. The second-order valence-corrected chi connectivity index (χ2v) is 6.69. The third kappa shape index (κ3) is 5.30. The van der Waals surface area contributed by atoms with Crippen molar-refractivity contribution in [2.45, 2.75) is 72.1 Å². The van der Waals surface area contributed by atoms with E-state index in [1.807, 2.05) is 0 Å². The van der Waals surface area contributed by atoms with E-state index in [1.54, 1.807) is 0 Å². The Labute approximate surface area is 115 Å². The van der Waals surface area contributed by atoms with Crippen LogP contribution in [0, 0.1) is 23.7 Å². The van der Waals surface area contributed by atoms with E-state index in [1.165, 1.54) is 57.9 Å². The van der Waals surface area contributed by atoms with E-state index in [0.29, 0.717) is 0 Å². The zero-order valence-electron chi connectivity index (χ0n) is 13.2. The Kier molecular flexibility index (Phi) is 7.97. The summed E-state index contributed by atoms with van der Waals surface area (Å²) in [6, 6.07) is 0. The number of rotatable bonds is 4. The molecule has 0 aliphatic heterocycles. The van der Waals surface area contributed by atoms with Gasteiger partial charge in [-0.2, -0.15) is 0 Å². The first kappa shape index (κ1) is 16.0. The third-order valence-electron chi connectivity index (χ3n) is 5.17. The van der Waals surface area contributed by atoms with Crippen LogP contribution in [0.25, 0.3) is 0 Å². The summed E-state index contributed by atoms with van der Waals surface area (Å²) in [6.45, 7) is 8.54. The normalized spacial score (nSPS) is 35.3. The fourth-order valence-corrected chi connectivity index (χ4v) is 3.78. The predicted molar refractivity (Wildman–Crippen MR) is 81.8 cm³/mol. The van der Waals surface area contributed by atoms with E-state index in [0.717, 1.165) is 23.7 Å². The molecule has 1 heteroatoms. The minimum atomic E-state index is 0.895. The van der Waals surface area contributed by atoms with Crippen LogP contribution in [0.3, 0.4) is 0 Å². The van der Waals surface area contributed by atoms with E-state index in [4.69, 9.17) is 0 Å². The van der Waals surface area contributed by atoms with E-state index < -0.39 is 0 Å². The fraction of sp³-hybridized carbons (Fsp3) is 1.00. The summed E-state index contributed by atoms with van der Waals surface area (Å²) in [5.41, 5.74) is 0. The molecule has 0 heterocycles. The molecule has 1 nitrogen and oxygen atoms in total. The third-order valence-corrected chi connectivity index (χ3v) is 5.17. The van der Waals surface area contributed by atoms with Gasteiger partial charge in [0.05, 0.1) is 0 Å². The van der Waals surface area contributed by atoms with Crippen molar-refractivity contribution in [3.63, 3.8) is 0 Å². The van der Waals surface area contributed by atoms with Crippen LogP contribution in [-0.4, -0.2) is 13.6 Å². The Morgan fingerprint density at radius 2 is 1.67 bits per heavy atom. The number of nitrogens with one attached hydrogen (secondary N) is 1. The summed E-state index contributed by atoms with van der Waals surface area (Å²) >= 11 is 0. The summed E-state index contributed by atoms with van der Waals surface area (Å²) < 4.78 is 0. The lowest BCUT2D eigenvalue weighted by Crippen LogP contribution is -2.30. The molecule has 0 amide bonds. The number of hydrogen-bond acceptors (Lipinski definition) is 1. The summed E-state index contributed by atoms with van der Waals surface area (Å²) in [5.74, 6) is 3.72. The minimum absolute atomic E-state index is 0.895. The molecule has 18 heavy (non-hydrogen) atoms. The van der Waals surface area contributed by atoms with Gasteiger partial charge in [0.25, 0.3) is 0 Å². The first-order valence-corrected chi connectivity index (χ1v) is 8.33. The molecule has 1 fully saturated rings. The van der Waals surface area contributed by atoms with Gasteiger partial charge in [0, 0.05) is 0 Å². The first-order valence-electron chi connectivity index (χ1n) is 8.33. The summed E-state index contributed by atoms with van der Waals surface area (Å²) in [5, 5.41) is 3.43. The highest BCUT2D eigenvalue weighted by atomic mass is 14.8. The molecule has 1 rings (SSSR count). The molecule has 0 saturated heterocycles. The standard InChI is InChI=1S/C17H35N/c1-5-8-16-10-7-6-9-14(2)11-12-17(13-18-4)15(16)3/h14-18H,5-13H2,1-4H3. The van der Waals surface area contributed by atoms with Crippen LogP contribution in [0.2, 0.25) is 0 Å². The fourth-order valence-electron chi connectivity index (χ4n) is 3.78. The van der Waals surface area contributed by atoms with E-state index >= 15 is 0 Å². The lowest BCUT2D eigenvalue weighted by atomic mass is 9.74. The van der Waals surface area contributed by atoms with Crippen molar-refractivity contribution in [3.8, 4) is 0 Å². The summed E-state index contributed by atoms with van der Waals surface area (Å²) in [6.07, 6.45) is 11.5. The molecule has 1 aliphatic carbocycles. The Bertz CT molecular complexity index is 202. The highest BCUT2D eigenvalue weighted by Gasteiger charge is 2.25. The van der Waals surface area contributed by atoms with Crippen LogP contribution in [-0.2, 0) is 0 Å². The summed E-state index contributed by atoms with van der Waals surface area (Å²) in [4.78, 5) is 0. The minimum Gasteiger partial charge on any atom is -0.319 e. The van der Waals surface area contributed by atoms with Gasteiger partial charge in [-0.3, -0.25) is 0 Å². The molecule has 0 aromatic carbocycles. The molecule has 1 N–H and O–H groups in total. The van der Waals surface area contributed by atoms with Crippen LogP contribution in [0.1, 0.15) is 72.1 Å². The van der Waals surface area contributed by atoms with Crippen molar-refractivity contribution in [2.24, 2.45) is 23.7 Å².